The summed E-state index contributed by atoms with van der Waals surface area (Å²) in [6.07, 6.45) is 0.884. The zero-order valence-electron chi connectivity index (χ0n) is 16.1. The molecule has 0 aliphatic carbocycles. The minimum absolute atomic E-state index is 0.00380. The van der Waals surface area contributed by atoms with E-state index in [1.807, 2.05) is 6.92 Å². The van der Waals surface area contributed by atoms with E-state index in [2.05, 4.69) is 5.10 Å². The van der Waals surface area contributed by atoms with Gasteiger partial charge in [-0.3, -0.25) is 9.48 Å². The van der Waals surface area contributed by atoms with Gasteiger partial charge in [-0.1, -0.05) is 23.7 Å². The molecule has 0 amide bonds. The highest BCUT2D eigenvalue weighted by Crippen LogP contribution is 2.21. The first-order chi connectivity index (χ1) is 13.7. The molecule has 0 saturated heterocycles. The molecule has 0 fully saturated rings. The predicted octanol–water partition coefficient (Wildman–Crippen LogP) is 5.36. The van der Waals surface area contributed by atoms with Crippen molar-refractivity contribution in [1.82, 2.24) is 9.78 Å². The number of rotatable bonds is 7. The van der Waals surface area contributed by atoms with Crippen LogP contribution in [0.4, 0.5) is 13.2 Å². The molecule has 152 valence electrons. The molecule has 3 nitrogen and oxygen atoms in total. The summed E-state index contributed by atoms with van der Waals surface area (Å²) in [7, 11) is 0. The van der Waals surface area contributed by atoms with Crippen LogP contribution in [0.5, 0.6) is 0 Å². The van der Waals surface area contributed by atoms with Gasteiger partial charge in [0.15, 0.2) is 0 Å². The third-order valence-corrected chi connectivity index (χ3v) is 5.28. The number of aryl methyl sites for hydroxylation is 2. The van der Waals surface area contributed by atoms with Gasteiger partial charge in [0.2, 0.25) is 0 Å². The van der Waals surface area contributed by atoms with E-state index in [0.29, 0.717) is 22.7 Å². The molecule has 0 spiro atoms. The summed E-state index contributed by atoms with van der Waals surface area (Å²) in [5, 5.41) is 4.71. The molecule has 1 aromatic heterocycles. The van der Waals surface area contributed by atoms with Gasteiger partial charge < -0.3 is 0 Å². The Morgan fingerprint density at radius 1 is 1.03 bits per heavy atom. The molecule has 0 aliphatic rings. The van der Waals surface area contributed by atoms with Crippen LogP contribution in [0.1, 0.15) is 34.5 Å². The lowest BCUT2D eigenvalue weighted by Crippen LogP contribution is -2.08. The number of aromatic nitrogens is 2. The molecule has 3 rings (SSSR count). The molecule has 2 aromatic carbocycles. The fourth-order valence-corrected chi connectivity index (χ4v) is 3.50. The Hall–Kier alpha value is -2.60. The van der Waals surface area contributed by atoms with Crippen molar-refractivity contribution in [1.29, 1.82) is 0 Å². The van der Waals surface area contributed by atoms with E-state index in [9.17, 15) is 18.0 Å². The maximum absolute atomic E-state index is 13.9. The smallest absolute Gasteiger partial charge is 0.137 e. The second-order valence-electron chi connectivity index (χ2n) is 6.99. The number of hydrogen-bond donors (Lipinski definition) is 0. The van der Waals surface area contributed by atoms with Crippen molar-refractivity contribution in [3.8, 4) is 0 Å². The third kappa shape index (κ3) is 5.07. The molecule has 0 atom stereocenters. The van der Waals surface area contributed by atoms with Crippen LogP contribution in [0.15, 0.2) is 36.4 Å². The van der Waals surface area contributed by atoms with Gasteiger partial charge in [0.05, 0.1) is 12.2 Å². The minimum Gasteiger partial charge on any atom is -0.299 e. The Morgan fingerprint density at radius 3 is 2.34 bits per heavy atom. The van der Waals surface area contributed by atoms with Gasteiger partial charge in [0.25, 0.3) is 0 Å². The van der Waals surface area contributed by atoms with Gasteiger partial charge in [-0.2, -0.15) is 5.10 Å². The van der Waals surface area contributed by atoms with Crippen LogP contribution in [0.3, 0.4) is 0 Å². The molecule has 0 bridgehead atoms. The van der Waals surface area contributed by atoms with Crippen LogP contribution in [0.2, 0.25) is 5.02 Å². The van der Waals surface area contributed by atoms with E-state index in [4.69, 9.17) is 11.6 Å². The molecule has 7 heteroatoms. The van der Waals surface area contributed by atoms with Gasteiger partial charge in [-0.15, -0.1) is 0 Å². The minimum atomic E-state index is -0.633. The first-order valence-corrected chi connectivity index (χ1v) is 9.55. The Bertz CT molecular complexity index is 1060. The monoisotopic (exact) mass is 420 g/mol. The first-order valence-electron chi connectivity index (χ1n) is 9.17. The fourth-order valence-electron chi connectivity index (χ4n) is 3.24. The predicted molar refractivity (Wildman–Crippen MR) is 106 cm³/mol. The number of nitrogens with zero attached hydrogens (tertiary/aromatic N) is 2. The van der Waals surface area contributed by atoms with Crippen molar-refractivity contribution in [3.63, 3.8) is 0 Å². The van der Waals surface area contributed by atoms with Crippen molar-refractivity contribution in [2.24, 2.45) is 0 Å². The van der Waals surface area contributed by atoms with Crippen molar-refractivity contribution in [3.05, 3.63) is 87.0 Å². The average Bonchev–Trinajstić information content (AvgIpc) is 2.91. The summed E-state index contributed by atoms with van der Waals surface area (Å²) in [5.41, 5.74) is 3.29. The molecule has 0 aliphatic heterocycles. The zero-order chi connectivity index (χ0) is 21.1. The Labute approximate surface area is 172 Å². The second kappa shape index (κ2) is 8.82. The fraction of sp³-hybridized carbons (Fsp3) is 0.273. The number of carbonyl (C=O) groups is 1. The highest BCUT2D eigenvalue weighted by molar-refractivity contribution is 6.31. The topological polar surface area (TPSA) is 34.9 Å². The molecule has 0 unspecified atom stereocenters. The van der Waals surface area contributed by atoms with Gasteiger partial charge in [-0.25, -0.2) is 13.2 Å². The quantitative estimate of drug-likeness (QED) is 0.515. The molecule has 1 heterocycles. The molecular weight excluding hydrogens is 401 g/mol. The molecule has 29 heavy (non-hydrogen) atoms. The molecule has 0 N–H and O–H groups in total. The van der Waals surface area contributed by atoms with Gasteiger partial charge in [0.1, 0.15) is 23.2 Å². The Kier molecular flexibility index (Phi) is 6.42. The summed E-state index contributed by atoms with van der Waals surface area (Å²) in [4.78, 5) is 12.5. The van der Waals surface area contributed by atoms with Gasteiger partial charge in [0, 0.05) is 40.8 Å². The second-order valence-corrected chi connectivity index (χ2v) is 7.40. The summed E-state index contributed by atoms with van der Waals surface area (Å²) < 4.78 is 41.8. The first kappa shape index (κ1) is 21.1. The van der Waals surface area contributed by atoms with Crippen LogP contribution >= 0.6 is 11.6 Å². The maximum atomic E-state index is 13.9. The standard InChI is InChI=1S/C22H20ClF3N2O/c1-13-20(11-19(29)8-5-15-3-6-17(24)9-21(15)23)14(2)28(27-13)12-16-4-7-18(25)10-22(16)26/h3-4,6-7,9-10H,5,8,11-12H2,1-2H3. The van der Waals surface area contributed by atoms with Crippen LogP contribution < -0.4 is 0 Å². The van der Waals surface area contributed by atoms with Crippen molar-refractivity contribution < 1.29 is 18.0 Å². The molecule has 0 saturated carbocycles. The Balaban J connectivity index is 1.68. The number of hydrogen-bond acceptors (Lipinski definition) is 2. The summed E-state index contributed by atoms with van der Waals surface area (Å²) in [6.45, 7) is 3.77. The number of halogens is 4. The average molecular weight is 421 g/mol. The van der Waals surface area contributed by atoms with Crippen LogP contribution in [0, 0.1) is 31.3 Å². The number of ketones is 1. The highest BCUT2D eigenvalue weighted by atomic mass is 35.5. The molecular formula is C22H20ClF3N2O. The zero-order valence-corrected chi connectivity index (χ0v) is 16.9. The van der Waals surface area contributed by atoms with E-state index in [1.165, 1.54) is 24.3 Å². The lowest BCUT2D eigenvalue weighted by molar-refractivity contribution is -0.118. The highest BCUT2D eigenvalue weighted by Gasteiger charge is 2.17. The normalized spacial score (nSPS) is 11.1. The van der Waals surface area contributed by atoms with E-state index < -0.39 is 17.5 Å². The van der Waals surface area contributed by atoms with Crippen LogP contribution in [-0.4, -0.2) is 15.6 Å². The summed E-state index contributed by atoms with van der Waals surface area (Å²) >= 11 is 6.01. The van der Waals surface area contributed by atoms with E-state index >= 15 is 0 Å². The van der Waals surface area contributed by atoms with Crippen LogP contribution in [0.25, 0.3) is 0 Å². The van der Waals surface area contributed by atoms with Crippen molar-refractivity contribution >= 4 is 17.4 Å². The van der Waals surface area contributed by atoms with Crippen molar-refractivity contribution in [2.75, 3.05) is 0 Å². The lowest BCUT2D eigenvalue weighted by atomic mass is 10.0. The van der Waals surface area contributed by atoms with E-state index in [1.54, 1.807) is 17.7 Å². The van der Waals surface area contributed by atoms with Crippen LogP contribution in [-0.2, 0) is 24.2 Å². The SMILES string of the molecule is Cc1nn(Cc2ccc(F)cc2F)c(C)c1CC(=O)CCc1ccc(F)cc1Cl. The van der Waals surface area contributed by atoms with Gasteiger partial charge in [-0.05, 0) is 44.0 Å². The number of Topliss-reactive ketones (excluding diaryl/α,β-unsaturated/α-hetero) is 1. The maximum Gasteiger partial charge on any atom is 0.137 e. The molecule has 3 aromatic rings. The molecule has 0 radical (unpaired) electrons. The van der Waals surface area contributed by atoms with Gasteiger partial charge >= 0.3 is 0 Å². The summed E-state index contributed by atoms with van der Waals surface area (Å²) in [6, 6.07) is 7.56. The summed E-state index contributed by atoms with van der Waals surface area (Å²) in [5.74, 6) is -1.68. The van der Waals surface area contributed by atoms with E-state index in [-0.39, 0.29) is 25.2 Å². The number of carbonyl (C=O) groups excluding carboxylic acids is 1. The largest absolute Gasteiger partial charge is 0.299 e. The number of benzene rings is 2. The Morgan fingerprint density at radius 2 is 1.69 bits per heavy atom. The van der Waals surface area contributed by atoms with E-state index in [0.717, 1.165) is 22.9 Å². The lowest BCUT2D eigenvalue weighted by Gasteiger charge is -2.07. The third-order valence-electron chi connectivity index (χ3n) is 4.93. The van der Waals surface area contributed by atoms with Crippen molar-refractivity contribution in [2.45, 2.75) is 39.7 Å².